The Hall–Kier alpha value is -0.780. The van der Waals surface area contributed by atoms with Gasteiger partial charge < -0.3 is 42.6 Å². The summed E-state index contributed by atoms with van der Waals surface area (Å²) in [6.07, 6.45) is 20.7. The average molecular weight is 621 g/mol. The van der Waals surface area contributed by atoms with E-state index in [2.05, 4.69) is 13.5 Å². The Balaban J connectivity index is 3.03. The third-order valence-electron chi connectivity index (χ3n) is 6.71. The first kappa shape index (κ1) is 42.2. The maximum absolute atomic E-state index is 5.67. The second kappa shape index (κ2) is 41.2. The smallest absolute Gasteiger partial charge is 0.111 e. The molecule has 0 bridgehead atoms. The van der Waals surface area contributed by atoms with Crippen molar-refractivity contribution in [3.05, 3.63) is 12.8 Å². The fourth-order valence-electron chi connectivity index (χ4n) is 4.23. The van der Waals surface area contributed by atoms with E-state index in [-0.39, 0.29) is 0 Å². The highest BCUT2D eigenvalue weighted by Crippen LogP contribution is 2.12. The molecule has 0 aliphatic heterocycles. The van der Waals surface area contributed by atoms with Crippen LogP contribution in [0.3, 0.4) is 0 Å². The summed E-state index contributed by atoms with van der Waals surface area (Å²) < 4.78 is 48.9. The van der Waals surface area contributed by atoms with Crippen LogP contribution in [0.25, 0.3) is 0 Å². The minimum Gasteiger partial charge on any atom is -0.499 e. The van der Waals surface area contributed by atoms with E-state index in [0.717, 1.165) is 13.0 Å². The number of ether oxygens (including phenoxy) is 9. The summed E-state index contributed by atoms with van der Waals surface area (Å²) in [5, 5.41) is 0. The molecule has 9 nitrogen and oxygen atoms in total. The standard InChI is InChI=1S/C34H68O9/c1-3-5-6-7-8-9-10-11-12-13-14-15-16-17-18-36-21-22-38-25-26-40-29-30-42-33-34-43-32-31-41-28-27-39-24-23-37-20-19-35-4-2/h4H,2-3,5-34H2,1H3. The van der Waals surface area contributed by atoms with E-state index in [0.29, 0.717) is 106 Å². The van der Waals surface area contributed by atoms with Gasteiger partial charge in [-0.3, -0.25) is 0 Å². The molecule has 43 heavy (non-hydrogen) atoms. The van der Waals surface area contributed by atoms with Crippen molar-refractivity contribution in [1.82, 2.24) is 0 Å². The fraction of sp³-hybridized carbons (Fsp3) is 0.941. The predicted octanol–water partition coefficient (Wildman–Crippen LogP) is 6.76. The van der Waals surface area contributed by atoms with E-state index in [1.165, 1.54) is 89.7 Å². The minimum atomic E-state index is 0.511. The molecule has 258 valence electrons. The largest absolute Gasteiger partial charge is 0.499 e. The summed E-state index contributed by atoms with van der Waals surface area (Å²) >= 11 is 0. The Morgan fingerprint density at radius 1 is 0.302 bits per heavy atom. The van der Waals surface area contributed by atoms with Gasteiger partial charge in [-0.05, 0) is 6.42 Å². The Labute approximate surface area is 264 Å². The molecular weight excluding hydrogens is 552 g/mol. The molecule has 0 heterocycles. The van der Waals surface area contributed by atoms with Crippen molar-refractivity contribution in [2.24, 2.45) is 0 Å². The summed E-state index contributed by atoms with van der Waals surface area (Å²) in [6.45, 7) is 15.4. The van der Waals surface area contributed by atoms with Gasteiger partial charge in [0.15, 0.2) is 0 Å². The number of unbranched alkanes of at least 4 members (excludes halogenated alkanes) is 13. The zero-order valence-corrected chi connectivity index (χ0v) is 27.9. The summed E-state index contributed by atoms with van der Waals surface area (Å²) in [7, 11) is 0. The fourth-order valence-corrected chi connectivity index (χ4v) is 4.23. The molecule has 0 amide bonds. The van der Waals surface area contributed by atoms with E-state index < -0.39 is 0 Å². The second-order valence-corrected chi connectivity index (χ2v) is 10.5. The number of hydrogen-bond acceptors (Lipinski definition) is 9. The molecule has 0 atom stereocenters. The molecule has 0 aromatic rings. The molecule has 0 spiro atoms. The minimum absolute atomic E-state index is 0.511. The monoisotopic (exact) mass is 620 g/mol. The van der Waals surface area contributed by atoms with E-state index in [9.17, 15) is 0 Å². The van der Waals surface area contributed by atoms with E-state index in [4.69, 9.17) is 42.6 Å². The summed E-state index contributed by atoms with van der Waals surface area (Å²) in [6, 6.07) is 0. The zero-order chi connectivity index (χ0) is 31.0. The zero-order valence-electron chi connectivity index (χ0n) is 27.9. The van der Waals surface area contributed by atoms with Crippen LogP contribution in [0.4, 0.5) is 0 Å². The molecule has 0 N–H and O–H groups in total. The average Bonchev–Trinajstić information content (AvgIpc) is 3.02. The van der Waals surface area contributed by atoms with Gasteiger partial charge in [-0.2, -0.15) is 0 Å². The van der Waals surface area contributed by atoms with Gasteiger partial charge >= 0.3 is 0 Å². The van der Waals surface area contributed by atoms with Gasteiger partial charge in [-0.15, -0.1) is 0 Å². The van der Waals surface area contributed by atoms with E-state index in [1.54, 1.807) is 0 Å². The second-order valence-electron chi connectivity index (χ2n) is 10.5. The van der Waals surface area contributed by atoms with Gasteiger partial charge in [-0.25, -0.2) is 0 Å². The summed E-state index contributed by atoms with van der Waals surface area (Å²) in [5.74, 6) is 0. The molecule has 0 aromatic heterocycles. The molecule has 0 aliphatic rings. The Kier molecular flexibility index (Phi) is 40.5. The summed E-state index contributed by atoms with van der Waals surface area (Å²) in [5.41, 5.74) is 0. The summed E-state index contributed by atoms with van der Waals surface area (Å²) in [4.78, 5) is 0. The molecular formula is C34H68O9. The Bertz CT molecular complexity index is 496. The van der Waals surface area contributed by atoms with Gasteiger partial charge in [0.05, 0.1) is 105 Å². The molecule has 0 aromatic carbocycles. The van der Waals surface area contributed by atoms with E-state index in [1.807, 2.05) is 0 Å². The molecule has 0 rings (SSSR count). The van der Waals surface area contributed by atoms with Crippen LogP contribution in [0.5, 0.6) is 0 Å². The molecule has 0 radical (unpaired) electrons. The van der Waals surface area contributed by atoms with Crippen molar-refractivity contribution in [2.45, 2.75) is 96.8 Å². The van der Waals surface area contributed by atoms with Crippen molar-refractivity contribution >= 4 is 0 Å². The topological polar surface area (TPSA) is 83.1 Å². The molecule has 0 aliphatic carbocycles. The third-order valence-corrected chi connectivity index (χ3v) is 6.71. The Morgan fingerprint density at radius 3 is 0.814 bits per heavy atom. The van der Waals surface area contributed by atoms with Crippen LogP contribution in [0.1, 0.15) is 96.8 Å². The molecule has 0 unspecified atom stereocenters. The number of rotatable bonds is 40. The van der Waals surface area contributed by atoms with Gasteiger partial charge in [-0.1, -0.05) is 97.0 Å². The van der Waals surface area contributed by atoms with E-state index >= 15 is 0 Å². The molecule has 0 fully saturated rings. The first-order valence-electron chi connectivity index (χ1n) is 17.3. The van der Waals surface area contributed by atoms with Gasteiger partial charge in [0, 0.05) is 6.61 Å². The van der Waals surface area contributed by atoms with Crippen LogP contribution < -0.4 is 0 Å². The lowest BCUT2D eigenvalue weighted by Gasteiger charge is -2.08. The molecule has 0 saturated heterocycles. The lowest BCUT2D eigenvalue weighted by Crippen LogP contribution is -2.15. The maximum Gasteiger partial charge on any atom is 0.111 e. The van der Waals surface area contributed by atoms with Crippen LogP contribution >= 0.6 is 0 Å². The highest BCUT2D eigenvalue weighted by Gasteiger charge is 1.97. The van der Waals surface area contributed by atoms with Gasteiger partial charge in [0.2, 0.25) is 0 Å². The van der Waals surface area contributed by atoms with Crippen LogP contribution in [0, 0.1) is 0 Å². The van der Waals surface area contributed by atoms with Crippen LogP contribution in [0.2, 0.25) is 0 Å². The van der Waals surface area contributed by atoms with Crippen LogP contribution in [0.15, 0.2) is 12.8 Å². The van der Waals surface area contributed by atoms with Crippen molar-refractivity contribution in [3.63, 3.8) is 0 Å². The highest BCUT2D eigenvalue weighted by atomic mass is 16.6. The molecule has 0 saturated carbocycles. The third kappa shape index (κ3) is 41.2. The first-order valence-corrected chi connectivity index (χ1v) is 17.3. The van der Waals surface area contributed by atoms with Crippen molar-refractivity contribution in [2.75, 3.05) is 112 Å². The van der Waals surface area contributed by atoms with Crippen LogP contribution in [-0.4, -0.2) is 112 Å². The normalized spacial score (nSPS) is 11.4. The molecule has 9 heteroatoms. The van der Waals surface area contributed by atoms with Crippen molar-refractivity contribution in [1.29, 1.82) is 0 Å². The SMILES string of the molecule is C=COCCOCCOCCOCCOCCOCCOCCOCCOCCCCCCCCCCCCCCCC. The lowest BCUT2D eigenvalue weighted by molar-refractivity contribution is -0.0239. The van der Waals surface area contributed by atoms with Crippen molar-refractivity contribution < 1.29 is 42.6 Å². The number of hydrogen-bond donors (Lipinski definition) is 0. The first-order chi connectivity index (χ1) is 21.4. The highest BCUT2D eigenvalue weighted by molar-refractivity contribution is 4.50. The van der Waals surface area contributed by atoms with Gasteiger partial charge in [0.1, 0.15) is 6.61 Å². The Morgan fingerprint density at radius 2 is 0.535 bits per heavy atom. The van der Waals surface area contributed by atoms with Crippen LogP contribution in [-0.2, 0) is 42.6 Å². The van der Waals surface area contributed by atoms with Gasteiger partial charge in [0.25, 0.3) is 0 Å². The predicted molar refractivity (Wildman–Crippen MR) is 173 cm³/mol. The lowest BCUT2D eigenvalue weighted by atomic mass is 10.0. The quantitative estimate of drug-likeness (QED) is 0.0545. The van der Waals surface area contributed by atoms with Crippen molar-refractivity contribution in [3.8, 4) is 0 Å². The maximum atomic E-state index is 5.67.